The number of pyridine rings is 1. The molecular weight excluding hydrogens is 601 g/mol. The molecule has 1 saturated heterocycles. The first kappa shape index (κ1) is 32.8. The van der Waals surface area contributed by atoms with E-state index in [9.17, 15) is 4.79 Å². The largest absolute Gasteiger partial charge is 0.450 e. The Hall–Kier alpha value is -4.70. The van der Waals surface area contributed by atoms with Gasteiger partial charge in [-0.15, -0.1) is 0 Å². The van der Waals surface area contributed by atoms with Crippen molar-refractivity contribution in [1.29, 1.82) is 0 Å². The highest BCUT2D eigenvalue weighted by Crippen LogP contribution is 2.41. The minimum atomic E-state index is -0.203. The second-order valence-electron chi connectivity index (χ2n) is 13.7. The number of aromatic nitrogens is 1. The summed E-state index contributed by atoms with van der Waals surface area (Å²) >= 11 is 0. The van der Waals surface area contributed by atoms with E-state index in [1.807, 2.05) is 18.0 Å². The van der Waals surface area contributed by atoms with Gasteiger partial charge in [0.05, 0.1) is 12.3 Å². The van der Waals surface area contributed by atoms with E-state index in [1.165, 1.54) is 62.1 Å². The van der Waals surface area contributed by atoms with E-state index in [0.717, 1.165) is 63.5 Å². The number of carbonyl (C=O) groups is 1. The van der Waals surface area contributed by atoms with Gasteiger partial charge in [0, 0.05) is 24.9 Å². The number of hydrogen-bond acceptors (Lipinski definition) is 3. The van der Waals surface area contributed by atoms with E-state index < -0.39 is 0 Å². The molecule has 2 heterocycles. The van der Waals surface area contributed by atoms with Crippen LogP contribution in [0.3, 0.4) is 0 Å². The first-order valence-electron chi connectivity index (χ1n) is 18.4. The summed E-state index contributed by atoms with van der Waals surface area (Å²) in [5, 5.41) is 0. The quantitative estimate of drug-likeness (QED) is 0.179. The Morgan fingerprint density at radius 2 is 1.65 bits per heavy atom. The standard InChI is InChI=1S/C45H48N2O2/c1-2-49-45(48)47-30-27-37(28-31-47)43-42-26-25-39(32-40(42)24-23-38-17-11-29-46-44(38)43)41(18-10-9-14-33-12-5-3-6-13-33)36-21-19-35(20-22-36)34-15-7-4-8-16-34/h3-8,11-13,15-18,21,25-26,29,32,35H,2,9-10,14,19-20,22-24,27-28,30-31H2,1H3/b41-18-. The van der Waals surface area contributed by atoms with Crippen molar-refractivity contribution in [3.05, 3.63) is 160 Å². The Kier molecular flexibility index (Phi) is 10.5. The lowest BCUT2D eigenvalue weighted by Crippen LogP contribution is -2.37. The monoisotopic (exact) mass is 648 g/mol. The maximum Gasteiger partial charge on any atom is 0.409 e. The number of unbranched alkanes of at least 4 members (excludes halogenated alkanes) is 1. The van der Waals surface area contributed by atoms with Gasteiger partial charge in [0.1, 0.15) is 0 Å². The fraction of sp³-hybridized carbons (Fsp3) is 0.333. The Balaban J connectivity index is 1.21. The van der Waals surface area contributed by atoms with Crippen molar-refractivity contribution in [2.24, 2.45) is 0 Å². The zero-order valence-electron chi connectivity index (χ0n) is 28.9. The molecule has 4 nitrogen and oxygen atoms in total. The summed E-state index contributed by atoms with van der Waals surface area (Å²) in [6, 6.07) is 33.4. The number of aryl methyl sites for hydroxylation is 3. The number of fused-ring (bicyclic) bond motifs is 2. The number of likely N-dealkylation sites (tertiary alicyclic amines) is 1. The molecule has 1 aromatic heterocycles. The van der Waals surface area contributed by atoms with Gasteiger partial charge in [-0.05, 0) is 128 Å². The molecule has 1 atom stereocenters. The molecule has 1 fully saturated rings. The van der Waals surface area contributed by atoms with E-state index in [4.69, 9.17) is 9.72 Å². The fourth-order valence-corrected chi connectivity index (χ4v) is 7.99. The number of ether oxygens (including phenoxy) is 1. The van der Waals surface area contributed by atoms with Crippen LogP contribution >= 0.6 is 0 Å². The molecule has 4 aromatic rings. The van der Waals surface area contributed by atoms with Gasteiger partial charge in [0.2, 0.25) is 0 Å². The normalized spacial score (nSPS) is 17.9. The highest BCUT2D eigenvalue weighted by atomic mass is 16.6. The van der Waals surface area contributed by atoms with Crippen LogP contribution in [0.25, 0.3) is 11.1 Å². The predicted octanol–water partition coefficient (Wildman–Crippen LogP) is 10.5. The van der Waals surface area contributed by atoms with Crippen LogP contribution in [0.5, 0.6) is 0 Å². The van der Waals surface area contributed by atoms with E-state index in [-0.39, 0.29) is 6.09 Å². The zero-order valence-corrected chi connectivity index (χ0v) is 28.9. The predicted molar refractivity (Wildman–Crippen MR) is 200 cm³/mol. The number of carbonyl (C=O) groups excluding carboxylic acids is 1. The molecule has 0 bridgehead atoms. The summed E-state index contributed by atoms with van der Waals surface area (Å²) in [7, 11) is 0. The molecule has 0 saturated carbocycles. The van der Waals surface area contributed by atoms with Gasteiger partial charge in [-0.3, -0.25) is 4.98 Å². The summed E-state index contributed by atoms with van der Waals surface area (Å²) in [6.07, 6.45) is 17.1. The van der Waals surface area contributed by atoms with Crippen molar-refractivity contribution >= 4 is 17.2 Å². The second kappa shape index (κ2) is 15.7. The average Bonchev–Trinajstić information content (AvgIpc) is 3.32. The highest BCUT2D eigenvalue weighted by molar-refractivity contribution is 5.87. The first-order valence-corrected chi connectivity index (χ1v) is 18.4. The van der Waals surface area contributed by atoms with Crippen LogP contribution in [0.15, 0.2) is 120 Å². The van der Waals surface area contributed by atoms with Crippen LogP contribution in [0.4, 0.5) is 4.79 Å². The van der Waals surface area contributed by atoms with Gasteiger partial charge >= 0.3 is 6.09 Å². The average molecular weight is 649 g/mol. The lowest BCUT2D eigenvalue weighted by molar-refractivity contribution is 0.104. The van der Waals surface area contributed by atoms with Crippen LogP contribution in [-0.2, 0) is 24.0 Å². The Bertz CT molecular complexity index is 1840. The van der Waals surface area contributed by atoms with Crippen molar-refractivity contribution in [3.63, 3.8) is 0 Å². The third-order valence-corrected chi connectivity index (χ3v) is 10.6. The van der Waals surface area contributed by atoms with Crippen molar-refractivity contribution in [2.45, 2.75) is 77.0 Å². The summed E-state index contributed by atoms with van der Waals surface area (Å²) < 4.78 is 5.31. The number of amides is 1. The van der Waals surface area contributed by atoms with Gasteiger partial charge in [0.15, 0.2) is 0 Å². The van der Waals surface area contributed by atoms with Crippen molar-refractivity contribution in [2.75, 3.05) is 19.7 Å². The Morgan fingerprint density at radius 1 is 0.878 bits per heavy atom. The number of allylic oxidation sites excluding steroid dienone is 4. The molecule has 49 heavy (non-hydrogen) atoms. The van der Waals surface area contributed by atoms with Gasteiger partial charge in [-0.25, -0.2) is 4.79 Å². The zero-order chi connectivity index (χ0) is 33.4. The number of benzene rings is 3. The van der Waals surface area contributed by atoms with Gasteiger partial charge < -0.3 is 9.64 Å². The lowest BCUT2D eigenvalue weighted by atomic mass is 9.80. The highest BCUT2D eigenvalue weighted by Gasteiger charge is 2.28. The topological polar surface area (TPSA) is 42.4 Å². The summed E-state index contributed by atoms with van der Waals surface area (Å²) in [6.45, 7) is 3.64. The number of rotatable bonds is 8. The van der Waals surface area contributed by atoms with E-state index >= 15 is 0 Å². The first-order chi connectivity index (χ1) is 24.2. The van der Waals surface area contributed by atoms with Crippen molar-refractivity contribution in [3.8, 4) is 0 Å². The molecule has 7 rings (SSSR count). The van der Waals surface area contributed by atoms with Crippen LogP contribution in [0.1, 0.15) is 96.9 Å². The third kappa shape index (κ3) is 7.64. The number of nitrogens with zero attached hydrogens (tertiary/aromatic N) is 2. The Labute approximate surface area is 292 Å². The van der Waals surface area contributed by atoms with Gasteiger partial charge in [0.25, 0.3) is 0 Å². The minimum Gasteiger partial charge on any atom is -0.450 e. The maximum atomic E-state index is 12.5. The van der Waals surface area contributed by atoms with Crippen molar-refractivity contribution in [1.82, 2.24) is 9.88 Å². The van der Waals surface area contributed by atoms with Crippen LogP contribution < -0.4 is 0 Å². The maximum absolute atomic E-state index is 12.5. The van der Waals surface area contributed by atoms with Crippen LogP contribution in [0, 0.1) is 0 Å². The minimum absolute atomic E-state index is 0.203. The second-order valence-corrected chi connectivity index (χ2v) is 13.7. The molecule has 1 unspecified atom stereocenters. The molecule has 0 radical (unpaired) electrons. The molecule has 2 aliphatic carbocycles. The fourth-order valence-electron chi connectivity index (χ4n) is 7.99. The smallest absolute Gasteiger partial charge is 0.409 e. The molecule has 250 valence electrons. The molecule has 0 N–H and O–H groups in total. The molecule has 1 aliphatic heterocycles. The SMILES string of the molecule is CCOC(=O)N1CCC(=C2c3ccc(/C(=C\CCCc4ccccc4)C4=CCC(c5ccccc5)CC4)cc3CCc3cccnc32)CC1. The molecular formula is C45H48N2O2. The van der Waals surface area contributed by atoms with Crippen molar-refractivity contribution < 1.29 is 9.53 Å². The van der Waals surface area contributed by atoms with E-state index in [2.05, 4.69) is 103 Å². The van der Waals surface area contributed by atoms with E-state index in [0.29, 0.717) is 25.6 Å². The van der Waals surface area contributed by atoms with E-state index in [1.54, 1.807) is 0 Å². The lowest BCUT2D eigenvalue weighted by Gasteiger charge is -2.29. The van der Waals surface area contributed by atoms with Crippen LogP contribution in [0.2, 0.25) is 0 Å². The third-order valence-electron chi connectivity index (χ3n) is 10.6. The number of hydrogen-bond donors (Lipinski definition) is 0. The summed E-state index contributed by atoms with van der Waals surface area (Å²) in [5.41, 5.74) is 14.9. The molecule has 3 aliphatic rings. The Morgan fingerprint density at radius 3 is 2.41 bits per heavy atom. The van der Waals surface area contributed by atoms with Crippen LogP contribution in [-0.4, -0.2) is 35.7 Å². The summed E-state index contributed by atoms with van der Waals surface area (Å²) in [4.78, 5) is 19.3. The van der Waals surface area contributed by atoms with Gasteiger partial charge in [-0.1, -0.05) is 103 Å². The number of piperidine rings is 1. The molecule has 3 aromatic carbocycles. The molecule has 0 spiro atoms. The molecule has 4 heteroatoms. The van der Waals surface area contributed by atoms with Gasteiger partial charge in [-0.2, -0.15) is 0 Å². The molecule has 1 amide bonds. The summed E-state index contributed by atoms with van der Waals surface area (Å²) in [5.74, 6) is 0.590.